The van der Waals surface area contributed by atoms with E-state index in [2.05, 4.69) is 22.3 Å². The molecule has 0 radical (unpaired) electrons. The van der Waals surface area contributed by atoms with Crippen molar-refractivity contribution in [2.45, 2.75) is 11.4 Å². The maximum Gasteiger partial charge on any atom is 0.267 e. The number of nitrogens with zero attached hydrogens (tertiary/aromatic N) is 2. The molecule has 200 valence electrons. The van der Waals surface area contributed by atoms with Crippen molar-refractivity contribution >= 4 is 33.4 Å². The predicted octanol–water partition coefficient (Wildman–Crippen LogP) is 4.46. The van der Waals surface area contributed by atoms with Gasteiger partial charge in [-0.1, -0.05) is 42.5 Å². The van der Waals surface area contributed by atoms with Gasteiger partial charge in [0.15, 0.2) is 0 Å². The summed E-state index contributed by atoms with van der Waals surface area (Å²) in [7, 11) is -3.79. The highest BCUT2D eigenvalue weighted by Crippen LogP contribution is 2.24. The first-order valence-corrected chi connectivity index (χ1v) is 14.1. The summed E-state index contributed by atoms with van der Waals surface area (Å²) in [5.74, 6) is -0.367. The fraction of sp³-hybridized carbons (Fsp3) is 0.167. The van der Waals surface area contributed by atoms with Crippen molar-refractivity contribution in [1.29, 1.82) is 0 Å². The van der Waals surface area contributed by atoms with Crippen LogP contribution >= 0.6 is 0 Å². The van der Waals surface area contributed by atoms with E-state index < -0.39 is 10.0 Å². The van der Waals surface area contributed by atoms with Crippen LogP contribution in [-0.4, -0.2) is 49.5 Å². The summed E-state index contributed by atoms with van der Waals surface area (Å²) in [6, 6.07) is 23.8. The van der Waals surface area contributed by atoms with Gasteiger partial charge in [0.2, 0.25) is 5.91 Å². The van der Waals surface area contributed by atoms with Crippen LogP contribution in [0.2, 0.25) is 0 Å². The van der Waals surface area contributed by atoms with Crippen LogP contribution in [0.3, 0.4) is 0 Å². The quantitative estimate of drug-likeness (QED) is 0.252. The number of hydrogen-bond acceptors (Lipinski definition) is 6. The van der Waals surface area contributed by atoms with Gasteiger partial charge in [0.05, 0.1) is 29.5 Å². The van der Waals surface area contributed by atoms with Gasteiger partial charge in [0.25, 0.3) is 10.0 Å². The lowest BCUT2D eigenvalue weighted by Crippen LogP contribution is -2.35. The SMILES string of the molecule is Nc1ccccc1NC(=O)/C=C/c1ccn(S(=O)(=O)c2ccc(-c3cccc(CN4CCOCC4)c3)cc2)c1. The number of carbonyl (C=O) groups excluding carboxylic acids is 1. The minimum absolute atomic E-state index is 0.180. The molecule has 5 rings (SSSR count). The summed E-state index contributed by atoms with van der Waals surface area (Å²) in [5.41, 5.74) is 10.6. The highest BCUT2D eigenvalue weighted by Gasteiger charge is 2.17. The van der Waals surface area contributed by atoms with Crippen molar-refractivity contribution in [2.75, 3.05) is 37.4 Å². The van der Waals surface area contributed by atoms with Crippen molar-refractivity contribution in [3.05, 3.63) is 108 Å². The Kier molecular flexibility index (Phi) is 7.92. The second-order valence-corrected chi connectivity index (χ2v) is 11.1. The second kappa shape index (κ2) is 11.7. The highest BCUT2D eigenvalue weighted by molar-refractivity contribution is 7.90. The van der Waals surface area contributed by atoms with Crippen LogP contribution in [0, 0.1) is 0 Å². The number of nitrogens with two attached hydrogens (primary N) is 1. The number of aromatic nitrogens is 1. The summed E-state index contributed by atoms with van der Waals surface area (Å²) in [4.78, 5) is 14.8. The van der Waals surface area contributed by atoms with Gasteiger partial charge < -0.3 is 15.8 Å². The maximum absolute atomic E-state index is 13.2. The van der Waals surface area contributed by atoms with E-state index in [9.17, 15) is 13.2 Å². The number of ether oxygens (including phenoxy) is 1. The first-order chi connectivity index (χ1) is 18.9. The van der Waals surface area contributed by atoms with Crippen LogP contribution in [0.5, 0.6) is 0 Å². The van der Waals surface area contributed by atoms with Gasteiger partial charge in [-0.15, -0.1) is 0 Å². The van der Waals surface area contributed by atoms with Crippen molar-refractivity contribution < 1.29 is 17.9 Å². The summed E-state index contributed by atoms with van der Waals surface area (Å²) in [6.07, 6.45) is 5.82. The van der Waals surface area contributed by atoms with Crippen LogP contribution in [0.25, 0.3) is 17.2 Å². The first-order valence-electron chi connectivity index (χ1n) is 12.7. The number of carbonyl (C=O) groups is 1. The maximum atomic E-state index is 13.2. The summed E-state index contributed by atoms with van der Waals surface area (Å²) in [5, 5.41) is 2.70. The van der Waals surface area contributed by atoms with E-state index in [1.165, 1.54) is 24.0 Å². The molecule has 0 saturated carbocycles. The molecule has 8 nitrogen and oxygen atoms in total. The average molecular weight is 543 g/mol. The number of nitrogen functional groups attached to an aromatic ring is 1. The molecule has 3 aromatic carbocycles. The van der Waals surface area contributed by atoms with Gasteiger partial charge in [-0.25, -0.2) is 12.4 Å². The van der Waals surface area contributed by atoms with E-state index in [0.717, 1.165) is 47.9 Å². The zero-order valence-electron chi connectivity index (χ0n) is 21.4. The van der Waals surface area contributed by atoms with Crippen LogP contribution in [0.4, 0.5) is 11.4 Å². The van der Waals surface area contributed by atoms with Gasteiger partial charge in [0.1, 0.15) is 0 Å². The Morgan fingerprint density at radius 2 is 1.72 bits per heavy atom. The minimum Gasteiger partial charge on any atom is -0.397 e. The third-order valence-corrected chi connectivity index (χ3v) is 8.19. The Morgan fingerprint density at radius 1 is 0.949 bits per heavy atom. The number of hydrogen-bond donors (Lipinski definition) is 2. The predicted molar refractivity (Wildman–Crippen MR) is 154 cm³/mol. The van der Waals surface area contributed by atoms with Gasteiger partial charge in [-0.05, 0) is 64.7 Å². The molecule has 0 atom stereocenters. The summed E-state index contributed by atoms with van der Waals surface area (Å²) >= 11 is 0. The number of para-hydroxylation sites is 2. The summed E-state index contributed by atoms with van der Waals surface area (Å²) < 4.78 is 33.0. The van der Waals surface area contributed by atoms with Crippen molar-refractivity contribution in [2.24, 2.45) is 0 Å². The highest BCUT2D eigenvalue weighted by atomic mass is 32.2. The zero-order valence-corrected chi connectivity index (χ0v) is 22.2. The van der Waals surface area contributed by atoms with Gasteiger partial charge >= 0.3 is 0 Å². The average Bonchev–Trinajstić information content (AvgIpc) is 3.44. The molecule has 1 aliphatic rings. The molecule has 1 saturated heterocycles. The van der Waals surface area contributed by atoms with Crippen molar-refractivity contribution in [1.82, 2.24) is 8.87 Å². The monoisotopic (exact) mass is 542 g/mol. The molecule has 0 aliphatic carbocycles. The Bertz CT molecular complexity index is 1590. The standard InChI is InChI=1S/C30H30N4O4S/c31-28-6-1-2-7-29(28)32-30(35)13-8-23-14-15-34(22-23)39(36,37)27-11-9-25(10-12-27)26-5-3-4-24(20-26)21-33-16-18-38-19-17-33/h1-15,20,22H,16-19,21,31H2,(H,32,35)/b13-8+. The lowest BCUT2D eigenvalue weighted by atomic mass is 10.0. The Morgan fingerprint density at radius 3 is 2.49 bits per heavy atom. The number of rotatable bonds is 8. The molecule has 0 spiro atoms. The van der Waals surface area contributed by atoms with Crippen molar-refractivity contribution in [3.8, 4) is 11.1 Å². The Balaban J connectivity index is 1.26. The zero-order chi connectivity index (χ0) is 27.2. The molecule has 1 aromatic heterocycles. The molecule has 39 heavy (non-hydrogen) atoms. The largest absolute Gasteiger partial charge is 0.397 e. The van der Waals surface area contributed by atoms with Crippen molar-refractivity contribution in [3.63, 3.8) is 0 Å². The smallest absolute Gasteiger partial charge is 0.267 e. The third kappa shape index (κ3) is 6.46. The number of amides is 1. The first kappa shape index (κ1) is 26.4. The van der Waals surface area contributed by atoms with E-state index in [4.69, 9.17) is 10.5 Å². The molecule has 0 bridgehead atoms. The lowest BCUT2D eigenvalue weighted by molar-refractivity contribution is -0.111. The fourth-order valence-corrected chi connectivity index (χ4v) is 5.61. The Hall–Kier alpha value is -4.18. The molecular formula is C30H30N4O4S. The molecule has 2 heterocycles. The Labute approximate surface area is 228 Å². The van der Waals surface area contributed by atoms with E-state index in [1.54, 1.807) is 48.5 Å². The third-order valence-electron chi connectivity index (χ3n) is 6.54. The van der Waals surface area contributed by atoms with E-state index in [1.807, 2.05) is 24.3 Å². The van der Waals surface area contributed by atoms with Crippen LogP contribution in [-0.2, 0) is 26.1 Å². The van der Waals surface area contributed by atoms with Gasteiger partial charge in [-0.2, -0.15) is 0 Å². The molecule has 9 heteroatoms. The fourth-order valence-electron chi connectivity index (χ4n) is 4.41. The molecular weight excluding hydrogens is 512 g/mol. The number of benzene rings is 3. The van der Waals surface area contributed by atoms with Crippen LogP contribution < -0.4 is 11.1 Å². The molecule has 4 aromatic rings. The number of anilines is 2. The molecule has 1 amide bonds. The molecule has 0 unspecified atom stereocenters. The topological polar surface area (TPSA) is 107 Å². The van der Waals surface area contributed by atoms with Gasteiger partial charge in [-0.3, -0.25) is 9.69 Å². The van der Waals surface area contributed by atoms with E-state index in [-0.39, 0.29) is 10.8 Å². The normalized spacial score (nSPS) is 14.5. The number of morpholine rings is 1. The summed E-state index contributed by atoms with van der Waals surface area (Å²) in [6.45, 7) is 4.21. The van der Waals surface area contributed by atoms with Crippen LogP contribution in [0.1, 0.15) is 11.1 Å². The van der Waals surface area contributed by atoms with E-state index in [0.29, 0.717) is 16.9 Å². The number of nitrogens with one attached hydrogen (secondary N) is 1. The molecule has 1 aliphatic heterocycles. The molecule has 1 fully saturated rings. The minimum atomic E-state index is -3.79. The lowest BCUT2D eigenvalue weighted by Gasteiger charge is -2.26. The van der Waals surface area contributed by atoms with Gasteiger partial charge in [0, 0.05) is 38.1 Å². The molecule has 3 N–H and O–H groups in total. The van der Waals surface area contributed by atoms with E-state index >= 15 is 0 Å². The second-order valence-electron chi connectivity index (χ2n) is 9.30. The van der Waals surface area contributed by atoms with Crippen LogP contribution in [0.15, 0.2) is 102 Å².